The Hall–Kier alpha value is -0.730. The number of oxime groups is 1. The lowest BCUT2D eigenvalue weighted by Gasteiger charge is -1.88. The van der Waals surface area contributed by atoms with Crippen LogP contribution in [0.25, 0.3) is 0 Å². The van der Waals surface area contributed by atoms with E-state index < -0.39 is 0 Å². The van der Waals surface area contributed by atoms with Crippen molar-refractivity contribution in [1.29, 1.82) is 0 Å². The van der Waals surface area contributed by atoms with Gasteiger partial charge in [-0.1, -0.05) is 12.1 Å². The molecule has 46 valence electrons. The molecule has 2 atom stereocenters. The van der Waals surface area contributed by atoms with Crippen molar-refractivity contribution in [1.82, 2.24) is 0 Å². The Balaban J connectivity index is 2.39. The summed E-state index contributed by atoms with van der Waals surface area (Å²) in [6.07, 6.45) is 1.08. The number of nitrogens with zero attached hydrogens (tertiary/aromatic N) is 1. The van der Waals surface area contributed by atoms with Gasteiger partial charge in [-0.15, -0.1) is 0 Å². The zero-order valence-electron chi connectivity index (χ0n) is 4.83. The lowest BCUT2D eigenvalue weighted by Crippen LogP contribution is -2.14. The van der Waals surface area contributed by atoms with Gasteiger partial charge in [-0.2, -0.15) is 0 Å². The van der Waals surface area contributed by atoms with Gasteiger partial charge in [-0.05, 0) is 12.3 Å². The second-order valence-electron chi connectivity index (χ2n) is 2.34. The molecule has 0 radical (unpaired) electrons. The third-order valence-electron chi connectivity index (χ3n) is 1.60. The van der Waals surface area contributed by atoms with Crippen LogP contribution in [0.2, 0.25) is 0 Å². The maximum absolute atomic E-state index is 8.13. The minimum absolute atomic E-state index is 0.361. The SMILES string of the molecule is C[C@H]1C[C@H]1/C(N)=N\O. The Kier molecular flexibility index (Phi) is 1.12. The maximum atomic E-state index is 8.13. The average Bonchev–Trinajstić information content (AvgIpc) is 2.45. The summed E-state index contributed by atoms with van der Waals surface area (Å²) in [7, 11) is 0. The number of hydrogen-bond donors (Lipinski definition) is 2. The van der Waals surface area contributed by atoms with Crippen molar-refractivity contribution in [3.8, 4) is 0 Å². The summed E-state index contributed by atoms with van der Waals surface area (Å²) in [4.78, 5) is 0. The molecule has 0 aromatic heterocycles. The first-order valence-corrected chi connectivity index (χ1v) is 2.73. The van der Waals surface area contributed by atoms with Crippen molar-refractivity contribution < 1.29 is 5.21 Å². The standard InChI is InChI=1S/C5H10N2O/c1-3-2-4(3)5(6)7-8/h3-4,8H,2H2,1H3,(H2,6,7)/t3-,4+/m0/s1. The van der Waals surface area contributed by atoms with Gasteiger partial charge in [0.15, 0.2) is 0 Å². The van der Waals surface area contributed by atoms with E-state index in [1.165, 1.54) is 0 Å². The molecule has 0 bridgehead atoms. The predicted molar refractivity (Wildman–Crippen MR) is 30.7 cm³/mol. The maximum Gasteiger partial charge on any atom is 0.142 e. The lowest BCUT2D eigenvalue weighted by molar-refractivity contribution is 0.316. The molecular weight excluding hydrogens is 104 g/mol. The van der Waals surface area contributed by atoms with Gasteiger partial charge in [0.1, 0.15) is 5.84 Å². The van der Waals surface area contributed by atoms with Crippen LogP contribution in [0.3, 0.4) is 0 Å². The van der Waals surface area contributed by atoms with Gasteiger partial charge >= 0.3 is 0 Å². The molecule has 0 amide bonds. The summed E-state index contributed by atoms with van der Waals surface area (Å²) in [5.41, 5.74) is 5.27. The molecule has 1 saturated carbocycles. The molecule has 0 aliphatic heterocycles. The molecule has 0 heterocycles. The van der Waals surface area contributed by atoms with Gasteiger partial charge in [0.2, 0.25) is 0 Å². The highest BCUT2D eigenvalue weighted by molar-refractivity contribution is 5.84. The topological polar surface area (TPSA) is 58.6 Å². The summed E-state index contributed by atoms with van der Waals surface area (Å²) in [6.45, 7) is 2.09. The number of nitrogens with two attached hydrogens (primary N) is 1. The molecule has 0 spiro atoms. The molecule has 0 aromatic rings. The molecule has 1 aliphatic rings. The van der Waals surface area contributed by atoms with E-state index in [4.69, 9.17) is 10.9 Å². The Morgan fingerprint density at radius 1 is 1.88 bits per heavy atom. The van der Waals surface area contributed by atoms with Crippen LogP contribution in [0, 0.1) is 11.8 Å². The van der Waals surface area contributed by atoms with Gasteiger partial charge in [0.25, 0.3) is 0 Å². The Labute approximate surface area is 48.2 Å². The quantitative estimate of drug-likeness (QED) is 0.224. The van der Waals surface area contributed by atoms with Crippen LogP contribution in [-0.2, 0) is 0 Å². The fourth-order valence-electron chi connectivity index (χ4n) is 0.808. The van der Waals surface area contributed by atoms with E-state index in [0.717, 1.165) is 6.42 Å². The normalized spacial score (nSPS) is 37.4. The molecule has 0 unspecified atom stereocenters. The minimum atomic E-state index is 0.361. The van der Waals surface area contributed by atoms with Crippen LogP contribution in [0.15, 0.2) is 5.16 Å². The van der Waals surface area contributed by atoms with Crippen LogP contribution in [-0.4, -0.2) is 11.0 Å². The van der Waals surface area contributed by atoms with E-state index in [1.54, 1.807) is 0 Å². The van der Waals surface area contributed by atoms with Crippen molar-refractivity contribution >= 4 is 5.84 Å². The van der Waals surface area contributed by atoms with Crippen LogP contribution in [0.4, 0.5) is 0 Å². The molecule has 1 rings (SSSR count). The summed E-state index contributed by atoms with van der Waals surface area (Å²) in [5, 5.41) is 11.0. The molecule has 3 N–H and O–H groups in total. The van der Waals surface area contributed by atoms with E-state index in [0.29, 0.717) is 17.7 Å². The van der Waals surface area contributed by atoms with Gasteiger partial charge in [-0.3, -0.25) is 0 Å². The van der Waals surface area contributed by atoms with Crippen molar-refractivity contribution in [2.24, 2.45) is 22.7 Å². The summed E-state index contributed by atoms with van der Waals surface area (Å²) < 4.78 is 0. The molecule has 1 aliphatic carbocycles. The first-order valence-electron chi connectivity index (χ1n) is 2.73. The van der Waals surface area contributed by atoms with Crippen LogP contribution < -0.4 is 5.73 Å². The monoisotopic (exact) mass is 114 g/mol. The van der Waals surface area contributed by atoms with E-state index in [-0.39, 0.29) is 0 Å². The second kappa shape index (κ2) is 1.65. The molecule has 3 nitrogen and oxygen atoms in total. The number of rotatable bonds is 1. The summed E-state index contributed by atoms with van der Waals surface area (Å²) >= 11 is 0. The highest BCUT2D eigenvalue weighted by atomic mass is 16.4. The summed E-state index contributed by atoms with van der Waals surface area (Å²) in [6, 6.07) is 0. The van der Waals surface area contributed by atoms with Crippen molar-refractivity contribution in [2.75, 3.05) is 0 Å². The largest absolute Gasteiger partial charge is 0.409 e. The average molecular weight is 114 g/mol. The number of hydrogen-bond acceptors (Lipinski definition) is 2. The molecule has 0 saturated heterocycles. The van der Waals surface area contributed by atoms with E-state index in [1.807, 2.05) is 0 Å². The van der Waals surface area contributed by atoms with Crippen molar-refractivity contribution in [2.45, 2.75) is 13.3 Å². The Morgan fingerprint density at radius 2 is 2.38 bits per heavy atom. The summed E-state index contributed by atoms with van der Waals surface area (Å²) in [5.74, 6) is 1.38. The van der Waals surface area contributed by atoms with Gasteiger partial charge < -0.3 is 10.9 Å². The second-order valence-corrected chi connectivity index (χ2v) is 2.34. The molecular formula is C5H10N2O. The predicted octanol–water partition coefficient (Wildman–Crippen LogP) is 0.389. The molecule has 1 fully saturated rings. The zero-order valence-corrected chi connectivity index (χ0v) is 4.83. The van der Waals surface area contributed by atoms with E-state index >= 15 is 0 Å². The highest BCUT2D eigenvalue weighted by Crippen LogP contribution is 2.37. The smallest absolute Gasteiger partial charge is 0.142 e. The molecule has 3 heteroatoms. The van der Waals surface area contributed by atoms with Crippen molar-refractivity contribution in [3.63, 3.8) is 0 Å². The van der Waals surface area contributed by atoms with Crippen LogP contribution >= 0.6 is 0 Å². The lowest BCUT2D eigenvalue weighted by atomic mass is 10.3. The van der Waals surface area contributed by atoms with Gasteiger partial charge in [-0.25, -0.2) is 0 Å². The van der Waals surface area contributed by atoms with E-state index in [9.17, 15) is 0 Å². The third kappa shape index (κ3) is 0.757. The fourth-order valence-corrected chi connectivity index (χ4v) is 0.808. The highest BCUT2D eigenvalue weighted by Gasteiger charge is 2.36. The van der Waals surface area contributed by atoms with Crippen LogP contribution in [0.1, 0.15) is 13.3 Å². The fraction of sp³-hybridized carbons (Fsp3) is 0.800. The van der Waals surface area contributed by atoms with E-state index in [2.05, 4.69) is 12.1 Å². The first kappa shape index (κ1) is 5.41. The zero-order chi connectivity index (χ0) is 6.15. The Morgan fingerprint density at radius 3 is 2.50 bits per heavy atom. The van der Waals surface area contributed by atoms with Crippen molar-refractivity contribution in [3.05, 3.63) is 0 Å². The van der Waals surface area contributed by atoms with Crippen LogP contribution in [0.5, 0.6) is 0 Å². The number of amidine groups is 1. The van der Waals surface area contributed by atoms with Gasteiger partial charge in [0, 0.05) is 5.92 Å². The first-order chi connectivity index (χ1) is 3.75. The molecule has 0 aromatic carbocycles. The minimum Gasteiger partial charge on any atom is -0.409 e. The van der Waals surface area contributed by atoms with Gasteiger partial charge in [0.05, 0.1) is 0 Å². The Bertz CT molecular complexity index is 122. The molecule has 8 heavy (non-hydrogen) atoms. The third-order valence-corrected chi connectivity index (χ3v) is 1.60.